The fourth-order valence-corrected chi connectivity index (χ4v) is 2.46. The molecular weight excluding hydrogens is 204 g/mol. The number of nitrogens with two attached hydrogens (primary N) is 1. The van der Waals surface area contributed by atoms with E-state index in [0.29, 0.717) is 0 Å². The van der Waals surface area contributed by atoms with Gasteiger partial charge in [-0.25, -0.2) is 4.98 Å². The molecular formula is C12H14N2S. The molecule has 0 fully saturated rings. The highest BCUT2D eigenvalue weighted by Crippen LogP contribution is 2.31. The first-order valence-electron chi connectivity index (χ1n) is 4.97. The van der Waals surface area contributed by atoms with Crippen LogP contribution in [0.2, 0.25) is 0 Å². The summed E-state index contributed by atoms with van der Waals surface area (Å²) in [5, 5.41) is 1.07. The second-order valence-electron chi connectivity index (χ2n) is 3.60. The van der Waals surface area contributed by atoms with E-state index in [-0.39, 0.29) is 6.04 Å². The van der Waals surface area contributed by atoms with Crippen molar-refractivity contribution in [2.75, 3.05) is 0 Å². The van der Waals surface area contributed by atoms with Crippen molar-refractivity contribution in [2.24, 2.45) is 5.73 Å². The third-order valence-corrected chi connectivity index (χ3v) is 3.39. The SMILES string of the molecule is Cc1nc(-c2ccccc2)c(C(C)N)s1. The van der Waals surface area contributed by atoms with E-state index < -0.39 is 0 Å². The molecule has 0 saturated carbocycles. The zero-order chi connectivity index (χ0) is 10.8. The van der Waals surface area contributed by atoms with Crippen molar-refractivity contribution < 1.29 is 0 Å². The topological polar surface area (TPSA) is 38.9 Å². The average molecular weight is 218 g/mol. The van der Waals surface area contributed by atoms with E-state index in [2.05, 4.69) is 17.1 Å². The lowest BCUT2D eigenvalue weighted by atomic mass is 10.1. The van der Waals surface area contributed by atoms with Crippen LogP contribution in [0.1, 0.15) is 22.9 Å². The number of benzene rings is 1. The summed E-state index contributed by atoms with van der Waals surface area (Å²) >= 11 is 1.68. The zero-order valence-electron chi connectivity index (χ0n) is 8.90. The van der Waals surface area contributed by atoms with Crippen LogP contribution < -0.4 is 5.73 Å². The molecule has 1 atom stereocenters. The number of nitrogens with zero attached hydrogens (tertiary/aromatic N) is 1. The normalized spacial score (nSPS) is 12.7. The molecule has 0 amide bonds. The van der Waals surface area contributed by atoms with Gasteiger partial charge < -0.3 is 5.73 Å². The smallest absolute Gasteiger partial charge is 0.0905 e. The second kappa shape index (κ2) is 4.13. The standard InChI is InChI=1S/C12H14N2S/c1-8(13)12-11(14-9(2)15-12)10-6-4-3-5-7-10/h3-8H,13H2,1-2H3. The van der Waals surface area contributed by atoms with E-state index in [1.54, 1.807) is 11.3 Å². The quantitative estimate of drug-likeness (QED) is 0.841. The van der Waals surface area contributed by atoms with Gasteiger partial charge in [0.25, 0.3) is 0 Å². The lowest BCUT2D eigenvalue weighted by Gasteiger charge is -2.04. The highest BCUT2D eigenvalue weighted by molar-refractivity contribution is 7.12. The third-order valence-electron chi connectivity index (χ3n) is 2.22. The fourth-order valence-electron chi connectivity index (χ4n) is 1.55. The molecule has 1 aromatic carbocycles. The maximum Gasteiger partial charge on any atom is 0.0905 e. The molecule has 78 valence electrons. The minimum atomic E-state index is 0.0476. The van der Waals surface area contributed by atoms with Gasteiger partial charge in [-0.15, -0.1) is 11.3 Å². The molecule has 0 spiro atoms. The summed E-state index contributed by atoms with van der Waals surface area (Å²) < 4.78 is 0. The van der Waals surface area contributed by atoms with Crippen molar-refractivity contribution >= 4 is 11.3 Å². The van der Waals surface area contributed by atoms with E-state index in [9.17, 15) is 0 Å². The van der Waals surface area contributed by atoms with Gasteiger partial charge in [0, 0.05) is 16.5 Å². The van der Waals surface area contributed by atoms with Crippen molar-refractivity contribution in [1.29, 1.82) is 0 Å². The van der Waals surface area contributed by atoms with Crippen LogP contribution in [-0.4, -0.2) is 4.98 Å². The maximum absolute atomic E-state index is 5.94. The molecule has 2 nitrogen and oxygen atoms in total. The van der Waals surface area contributed by atoms with Crippen LogP contribution in [0.25, 0.3) is 11.3 Å². The minimum Gasteiger partial charge on any atom is -0.323 e. The number of thiazole rings is 1. The van der Waals surface area contributed by atoms with Gasteiger partial charge in [0.15, 0.2) is 0 Å². The van der Waals surface area contributed by atoms with Crippen molar-refractivity contribution in [3.05, 3.63) is 40.2 Å². The van der Waals surface area contributed by atoms with E-state index in [0.717, 1.165) is 16.3 Å². The van der Waals surface area contributed by atoms with Gasteiger partial charge in [0.2, 0.25) is 0 Å². The molecule has 1 aromatic heterocycles. The van der Waals surface area contributed by atoms with Crippen molar-refractivity contribution in [3.63, 3.8) is 0 Å². The Hall–Kier alpha value is -1.19. The Balaban J connectivity index is 2.53. The Morgan fingerprint density at radius 1 is 1.27 bits per heavy atom. The number of hydrogen-bond acceptors (Lipinski definition) is 3. The van der Waals surface area contributed by atoms with E-state index in [1.165, 1.54) is 4.88 Å². The summed E-state index contributed by atoms with van der Waals surface area (Å²) in [6.45, 7) is 4.02. The Kier molecular flexibility index (Phi) is 2.84. The van der Waals surface area contributed by atoms with Gasteiger partial charge in [-0.1, -0.05) is 30.3 Å². The van der Waals surface area contributed by atoms with E-state index >= 15 is 0 Å². The lowest BCUT2D eigenvalue weighted by Crippen LogP contribution is -2.04. The molecule has 0 radical (unpaired) electrons. The van der Waals surface area contributed by atoms with Crippen molar-refractivity contribution in [2.45, 2.75) is 19.9 Å². The Morgan fingerprint density at radius 3 is 2.53 bits per heavy atom. The molecule has 1 unspecified atom stereocenters. The van der Waals surface area contributed by atoms with Crippen LogP contribution in [0.15, 0.2) is 30.3 Å². The molecule has 3 heteroatoms. The highest BCUT2D eigenvalue weighted by Gasteiger charge is 2.13. The van der Waals surface area contributed by atoms with Gasteiger partial charge in [-0.3, -0.25) is 0 Å². The monoisotopic (exact) mass is 218 g/mol. The molecule has 2 aromatic rings. The number of rotatable bonds is 2. The summed E-state index contributed by atoms with van der Waals surface area (Å²) in [5.74, 6) is 0. The van der Waals surface area contributed by atoms with E-state index in [1.807, 2.05) is 32.0 Å². The first-order valence-corrected chi connectivity index (χ1v) is 5.78. The molecule has 0 bridgehead atoms. The summed E-state index contributed by atoms with van der Waals surface area (Å²) in [4.78, 5) is 5.71. The van der Waals surface area contributed by atoms with Crippen LogP contribution in [-0.2, 0) is 0 Å². The third kappa shape index (κ3) is 2.08. The summed E-state index contributed by atoms with van der Waals surface area (Å²) in [6, 6.07) is 10.2. The number of aryl methyl sites for hydroxylation is 1. The highest BCUT2D eigenvalue weighted by atomic mass is 32.1. The number of hydrogen-bond donors (Lipinski definition) is 1. The fraction of sp³-hybridized carbons (Fsp3) is 0.250. The first kappa shape index (κ1) is 10.3. The van der Waals surface area contributed by atoms with Crippen LogP contribution in [0, 0.1) is 6.92 Å². The molecule has 1 heterocycles. The summed E-state index contributed by atoms with van der Waals surface area (Å²) in [5.41, 5.74) is 8.12. The van der Waals surface area contributed by atoms with E-state index in [4.69, 9.17) is 5.73 Å². The van der Waals surface area contributed by atoms with Crippen molar-refractivity contribution in [3.8, 4) is 11.3 Å². The molecule has 0 aliphatic carbocycles. The molecule has 2 rings (SSSR count). The van der Waals surface area contributed by atoms with Gasteiger partial charge in [-0.05, 0) is 13.8 Å². The zero-order valence-corrected chi connectivity index (χ0v) is 9.71. The lowest BCUT2D eigenvalue weighted by molar-refractivity contribution is 0.837. The average Bonchev–Trinajstić information content (AvgIpc) is 2.62. The van der Waals surface area contributed by atoms with Gasteiger partial charge in [0.05, 0.1) is 10.7 Å². The summed E-state index contributed by atoms with van der Waals surface area (Å²) in [6.07, 6.45) is 0. The molecule has 0 aliphatic rings. The molecule has 15 heavy (non-hydrogen) atoms. The van der Waals surface area contributed by atoms with Crippen LogP contribution in [0.3, 0.4) is 0 Å². The Bertz CT molecular complexity index is 446. The van der Waals surface area contributed by atoms with Crippen LogP contribution in [0.5, 0.6) is 0 Å². The van der Waals surface area contributed by atoms with Gasteiger partial charge >= 0.3 is 0 Å². The predicted octanol–water partition coefficient (Wildman–Crippen LogP) is 3.14. The predicted molar refractivity (Wildman–Crippen MR) is 64.9 cm³/mol. The Morgan fingerprint density at radius 2 is 1.93 bits per heavy atom. The van der Waals surface area contributed by atoms with Gasteiger partial charge in [0.1, 0.15) is 0 Å². The minimum absolute atomic E-state index is 0.0476. The maximum atomic E-state index is 5.94. The largest absolute Gasteiger partial charge is 0.323 e. The summed E-state index contributed by atoms with van der Waals surface area (Å²) in [7, 11) is 0. The molecule has 0 saturated heterocycles. The molecule has 0 aliphatic heterocycles. The Labute approximate surface area is 93.8 Å². The second-order valence-corrected chi connectivity index (χ2v) is 4.84. The van der Waals surface area contributed by atoms with Crippen molar-refractivity contribution in [1.82, 2.24) is 4.98 Å². The molecule has 2 N–H and O–H groups in total. The first-order chi connectivity index (χ1) is 7.18. The van der Waals surface area contributed by atoms with Gasteiger partial charge in [-0.2, -0.15) is 0 Å². The number of aromatic nitrogens is 1. The van der Waals surface area contributed by atoms with Crippen LogP contribution >= 0.6 is 11.3 Å². The van der Waals surface area contributed by atoms with Crippen LogP contribution in [0.4, 0.5) is 0 Å².